The number of carbonyl (C=O) groups is 2. The highest BCUT2D eigenvalue weighted by Crippen LogP contribution is 2.31. The molecular formula is C14H17NO4. The van der Waals surface area contributed by atoms with E-state index in [1.54, 1.807) is 6.92 Å². The van der Waals surface area contributed by atoms with Crippen LogP contribution in [0.5, 0.6) is 0 Å². The SMILES string of the molecule is Cc1ccc(N2CC(C)(CC(=O)O)OC2=O)cc1C. The minimum absolute atomic E-state index is 0.194. The van der Waals surface area contributed by atoms with E-state index in [0.29, 0.717) is 0 Å². The van der Waals surface area contributed by atoms with Crippen LogP contribution < -0.4 is 4.90 Å². The Morgan fingerprint density at radius 2 is 2.11 bits per heavy atom. The maximum Gasteiger partial charge on any atom is 0.415 e. The number of nitrogens with zero attached hydrogens (tertiary/aromatic N) is 1. The van der Waals surface area contributed by atoms with Crippen molar-refractivity contribution in [1.82, 2.24) is 0 Å². The van der Waals surface area contributed by atoms with Crippen molar-refractivity contribution in [2.24, 2.45) is 0 Å². The number of ether oxygens (including phenoxy) is 1. The minimum atomic E-state index is -0.975. The van der Waals surface area contributed by atoms with E-state index >= 15 is 0 Å². The molecule has 1 aliphatic heterocycles. The number of carbonyl (C=O) groups excluding carboxylic acids is 1. The van der Waals surface area contributed by atoms with Gasteiger partial charge in [0.25, 0.3) is 0 Å². The predicted molar refractivity (Wildman–Crippen MR) is 70.4 cm³/mol. The molecule has 1 aromatic carbocycles. The molecule has 1 saturated heterocycles. The zero-order chi connectivity index (χ0) is 14.2. The third kappa shape index (κ3) is 2.70. The summed E-state index contributed by atoms with van der Waals surface area (Å²) < 4.78 is 5.20. The van der Waals surface area contributed by atoms with Crippen LogP contribution >= 0.6 is 0 Å². The number of aryl methyl sites for hydroxylation is 2. The maximum atomic E-state index is 11.9. The Bertz CT molecular complexity index is 540. The van der Waals surface area contributed by atoms with Crippen molar-refractivity contribution in [3.63, 3.8) is 0 Å². The number of cyclic esters (lactones) is 1. The van der Waals surface area contributed by atoms with Crippen LogP contribution in [-0.2, 0) is 9.53 Å². The molecule has 19 heavy (non-hydrogen) atoms. The van der Waals surface area contributed by atoms with Gasteiger partial charge < -0.3 is 9.84 Å². The Labute approximate surface area is 111 Å². The average molecular weight is 263 g/mol. The zero-order valence-corrected chi connectivity index (χ0v) is 11.3. The third-order valence-corrected chi connectivity index (χ3v) is 3.37. The number of aliphatic carboxylic acids is 1. The molecule has 1 fully saturated rings. The van der Waals surface area contributed by atoms with Crippen molar-refractivity contribution in [3.8, 4) is 0 Å². The second kappa shape index (κ2) is 4.57. The summed E-state index contributed by atoms with van der Waals surface area (Å²) in [6.45, 7) is 5.85. The van der Waals surface area contributed by atoms with Crippen molar-refractivity contribution in [2.45, 2.75) is 32.8 Å². The van der Waals surface area contributed by atoms with Crippen LogP contribution in [-0.4, -0.2) is 29.3 Å². The van der Waals surface area contributed by atoms with Gasteiger partial charge >= 0.3 is 12.1 Å². The van der Waals surface area contributed by atoms with Gasteiger partial charge in [0.1, 0.15) is 5.60 Å². The van der Waals surface area contributed by atoms with Crippen LogP contribution in [0.15, 0.2) is 18.2 Å². The molecule has 5 nitrogen and oxygen atoms in total. The van der Waals surface area contributed by atoms with Crippen molar-refractivity contribution >= 4 is 17.7 Å². The topological polar surface area (TPSA) is 66.8 Å². The van der Waals surface area contributed by atoms with E-state index in [-0.39, 0.29) is 13.0 Å². The van der Waals surface area contributed by atoms with Gasteiger partial charge in [0.2, 0.25) is 0 Å². The summed E-state index contributed by atoms with van der Waals surface area (Å²) in [5.41, 5.74) is 1.99. The Balaban J connectivity index is 2.24. The summed E-state index contributed by atoms with van der Waals surface area (Å²) in [7, 11) is 0. The molecule has 0 radical (unpaired) electrons. The van der Waals surface area contributed by atoms with Crippen LogP contribution in [0.3, 0.4) is 0 Å². The fraction of sp³-hybridized carbons (Fsp3) is 0.429. The lowest BCUT2D eigenvalue weighted by atomic mass is 10.0. The lowest BCUT2D eigenvalue weighted by Gasteiger charge is -2.19. The van der Waals surface area contributed by atoms with Crippen molar-refractivity contribution < 1.29 is 19.4 Å². The van der Waals surface area contributed by atoms with Gasteiger partial charge in [-0.15, -0.1) is 0 Å². The van der Waals surface area contributed by atoms with Crippen molar-refractivity contribution in [2.75, 3.05) is 11.4 Å². The third-order valence-electron chi connectivity index (χ3n) is 3.37. The highest BCUT2D eigenvalue weighted by molar-refractivity contribution is 5.91. The highest BCUT2D eigenvalue weighted by Gasteiger charge is 2.43. The molecule has 1 N–H and O–H groups in total. The first-order valence-corrected chi connectivity index (χ1v) is 6.10. The van der Waals surface area contributed by atoms with E-state index in [1.165, 1.54) is 4.90 Å². The number of benzene rings is 1. The molecule has 0 aromatic heterocycles. The smallest absolute Gasteiger partial charge is 0.415 e. The molecule has 0 bridgehead atoms. The molecule has 0 saturated carbocycles. The molecule has 1 aromatic rings. The summed E-state index contributed by atoms with van der Waals surface area (Å²) in [4.78, 5) is 24.2. The van der Waals surface area contributed by atoms with Crippen LogP contribution in [0, 0.1) is 13.8 Å². The van der Waals surface area contributed by atoms with Crippen molar-refractivity contribution in [3.05, 3.63) is 29.3 Å². The molecule has 0 spiro atoms. The molecule has 1 heterocycles. The molecule has 1 unspecified atom stereocenters. The first kappa shape index (κ1) is 13.4. The second-order valence-electron chi connectivity index (χ2n) is 5.24. The zero-order valence-electron chi connectivity index (χ0n) is 11.3. The van der Waals surface area contributed by atoms with E-state index in [4.69, 9.17) is 9.84 Å². The summed E-state index contributed by atoms with van der Waals surface area (Å²) in [5.74, 6) is -0.975. The number of carboxylic acid groups (broad SMARTS) is 1. The number of rotatable bonds is 3. The van der Waals surface area contributed by atoms with Crippen molar-refractivity contribution in [1.29, 1.82) is 0 Å². The Hall–Kier alpha value is -2.04. The first-order valence-electron chi connectivity index (χ1n) is 6.10. The predicted octanol–water partition coefficient (Wildman–Crippen LogP) is 2.49. The Morgan fingerprint density at radius 3 is 2.68 bits per heavy atom. The van der Waals surface area contributed by atoms with Gasteiger partial charge in [0, 0.05) is 5.69 Å². The van der Waals surface area contributed by atoms with Gasteiger partial charge in [-0.05, 0) is 44.0 Å². The molecule has 5 heteroatoms. The summed E-state index contributed by atoms with van der Waals surface area (Å²) >= 11 is 0. The van der Waals surface area contributed by atoms with E-state index in [9.17, 15) is 9.59 Å². The lowest BCUT2D eigenvalue weighted by Crippen LogP contribution is -2.33. The number of amides is 1. The normalized spacial score (nSPS) is 22.5. The average Bonchev–Trinajstić information content (AvgIpc) is 2.57. The summed E-state index contributed by atoms with van der Waals surface area (Å²) in [6.07, 6.45) is -0.688. The second-order valence-corrected chi connectivity index (χ2v) is 5.24. The standard InChI is InChI=1S/C14H17NO4/c1-9-4-5-11(6-10(9)2)15-8-14(3,7-12(16)17)19-13(15)18/h4-6H,7-8H2,1-3H3,(H,16,17). The fourth-order valence-corrected chi connectivity index (χ4v) is 2.20. The molecule has 0 aliphatic carbocycles. The van der Waals surface area contributed by atoms with Gasteiger partial charge in [-0.25, -0.2) is 4.79 Å². The molecule has 1 amide bonds. The summed E-state index contributed by atoms with van der Waals surface area (Å²) in [6, 6.07) is 5.68. The first-order chi connectivity index (χ1) is 8.81. The number of anilines is 1. The van der Waals surface area contributed by atoms with Crippen LogP contribution in [0.1, 0.15) is 24.5 Å². The van der Waals surface area contributed by atoms with E-state index in [0.717, 1.165) is 16.8 Å². The molecule has 1 aliphatic rings. The van der Waals surface area contributed by atoms with Crippen LogP contribution in [0.4, 0.5) is 10.5 Å². The largest absolute Gasteiger partial charge is 0.481 e. The minimum Gasteiger partial charge on any atom is -0.481 e. The number of carboxylic acids is 1. The van der Waals surface area contributed by atoms with Crippen LogP contribution in [0.25, 0.3) is 0 Å². The summed E-state index contributed by atoms with van der Waals surface area (Å²) in [5, 5.41) is 8.85. The fourth-order valence-electron chi connectivity index (χ4n) is 2.20. The van der Waals surface area contributed by atoms with E-state index in [1.807, 2.05) is 32.0 Å². The number of hydrogen-bond acceptors (Lipinski definition) is 3. The maximum absolute atomic E-state index is 11.9. The van der Waals surface area contributed by atoms with Crippen LogP contribution in [0.2, 0.25) is 0 Å². The van der Waals surface area contributed by atoms with Gasteiger partial charge in [-0.1, -0.05) is 6.07 Å². The van der Waals surface area contributed by atoms with E-state index < -0.39 is 17.7 Å². The Morgan fingerprint density at radius 1 is 1.42 bits per heavy atom. The van der Waals surface area contributed by atoms with Gasteiger partial charge in [0.15, 0.2) is 0 Å². The molecule has 1 atom stereocenters. The Kier molecular flexibility index (Phi) is 3.22. The molecule has 2 rings (SSSR count). The number of hydrogen-bond donors (Lipinski definition) is 1. The van der Waals surface area contributed by atoms with Gasteiger partial charge in [0.05, 0.1) is 13.0 Å². The molecular weight excluding hydrogens is 246 g/mol. The molecule has 102 valence electrons. The van der Waals surface area contributed by atoms with Gasteiger partial charge in [-0.3, -0.25) is 9.69 Å². The van der Waals surface area contributed by atoms with E-state index in [2.05, 4.69) is 0 Å². The van der Waals surface area contributed by atoms with Gasteiger partial charge in [-0.2, -0.15) is 0 Å². The quantitative estimate of drug-likeness (QED) is 0.909. The monoisotopic (exact) mass is 263 g/mol. The lowest BCUT2D eigenvalue weighted by molar-refractivity contribution is -0.140. The highest BCUT2D eigenvalue weighted by atomic mass is 16.6.